The molecule has 8 heteroatoms. The van der Waals surface area contributed by atoms with E-state index in [2.05, 4.69) is 35.6 Å². The van der Waals surface area contributed by atoms with E-state index in [4.69, 9.17) is 15.5 Å². The SMILES string of the molecule is CNCC(O)COc1cccc(-c2cc(NCCCCCCN)c3cnn(C(C)C)c3n2)c1. The number of benzene rings is 1. The largest absolute Gasteiger partial charge is 0.491 e. The number of hydrogen-bond donors (Lipinski definition) is 4. The third kappa shape index (κ3) is 6.90. The number of anilines is 1. The number of fused-ring (bicyclic) bond motifs is 1. The quantitative estimate of drug-likeness (QED) is 0.276. The van der Waals surface area contributed by atoms with E-state index in [9.17, 15) is 5.11 Å². The minimum absolute atomic E-state index is 0.206. The second-order valence-electron chi connectivity index (χ2n) is 8.66. The van der Waals surface area contributed by atoms with Crippen LogP contribution in [0.15, 0.2) is 36.5 Å². The predicted molar refractivity (Wildman–Crippen MR) is 135 cm³/mol. The molecular formula is C25H38N6O2. The molecular weight excluding hydrogens is 416 g/mol. The van der Waals surface area contributed by atoms with Crippen molar-refractivity contribution < 1.29 is 9.84 Å². The molecule has 1 aromatic carbocycles. The zero-order valence-corrected chi connectivity index (χ0v) is 20.1. The second-order valence-corrected chi connectivity index (χ2v) is 8.66. The maximum absolute atomic E-state index is 9.94. The fourth-order valence-electron chi connectivity index (χ4n) is 3.77. The summed E-state index contributed by atoms with van der Waals surface area (Å²) in [5.41, 5.74) is 9.32. The van der Waals surface area contributed by atoms with Crippen molar-refractivity contribution in [3.63, 3.8) is 0 Å². The van der Waals surface area contributed by atoms with Crippen LogP contribution in [0.4, 0.5) is 5.69 Å². The van der Waals surface area contributed by atoms with Crippen LogP contribution in [0.1, 0.15) is 45.6 Å². The predicted octanol–water partition coefficient (Wildman–Crippen LogP) is 3.57. The van der Waals surface area contributed by atoms with Gasteiger partial charge in [0.05, 0.1) is 17.3 Å². The lowest BCUT2D eigenvalue weighted by atomic mass is 10.1. The van der Waals surface area contributed by atoms with Gasteiger partial charge < -0.3 is 26.2 Å². The smallest absolute Gasteiger partial charge is 0.160 e. The van der Waals surface area contributed by atoms with Crippen molar-refractivity contribution in [2.45, 2.75) is 51.7 Å². The van der Waals surface area contributed by atoms with Crippen molar-refractivity contribution in [2.75, 3.05) is 38.6 Å². The number of likely N-dealkylation sites (N-methyl/N-ethyl adjacent to an activating group) is 1. The lowest BCUT2D eigenvalue weighted by Gasteiger charge is -2.14. The van der Waals surface area contributed by atoms with Gasteiger partial charge in [-0.2, -0.15) is 5.10 Å². The van der Waals surface area contributed by atoms with Crippen LogP contribution in [0.5, 0.6) is 5.75 Å². The minimum atomic E-state index is -0.561. The molecule has 8 nitrogen and oxygen atoms in total. The van der Waals surface area contributed by atoms with E-state index in [-0.39, 0.29) is 12.6 Å². The van der Waals surface area contributed by atoms with E-state index in [1.54, 1.807) is 7.05 Å². The summed E-state index contributed by atoms with van der Waals surface area (Å²) in [6.07, 6.45) is 5.83. The average molecular weight is 455 g/mol. The molecule has 5 N–H and O–H groups in total. The lowest BCUT2D eigenvalue weighted by Crippen LogP contribution is -2.29. The minimum Gasteiger partial charge on any atom is -0.491 e. The van der Waals surface area contributed by atoms with E-state index in [0.717, 1.165) is 66.8 Å². The molecule has 3 aromatic rings. The van der Waals surface area contributed by atoms with Crippen LogP contribution >= 0.6 is 0 Å². The van der Waals surface area contributed by atoms with Crippen molar-refractivity contribution in [1.82, 2.24) is 20.1 Å². The second kappa shape index (κ2) is 12.5. The molecule has 1 unspecified atom stereocenters. The van der Waals surface area contributed by atoms with Crippen molar-refractivity contribution in [2.24, 2.45) is 5.73 Å². The Morgan fingerprint density at radius 3 is 2.73 bits per heavy atom. The Balaban J connectivity index is 1.84. The van der Waals surface area contributed by atoms with E-state index in [1.807, 2.05) is 35.1 Å². The molecule has 1 atom stereocenters. The zero-order chi connectivity index (χ0) is 23.6. The molecule has 0 amide bonds. The summed E-state index contributed by atoms with van der Waals surface area (Å²) in [6, 6.07) is 10.1. The van der Waals surface area contributed by atoms with Gasteiger partial charge >= 0.3 is 0 Å². The Bertz CT molecular complexity index is 1000. The van der Waals surface area contributed by atoms with Crippen molar-refractivity contribution >= 4 is 16.7 Å². The van der Waals surface area contributed by atoms with Crippen molar-refractivity contribution in [1.29, 1.82) is 0 Å². The molecule has 2 aromatic heterocycles. The van der Waals surface area contributed by atoms with Gasteiger partial charge in [0.25, 0.3) is 0 Å². The van der Waals surface area contributed by atoms with Gasteiger partial charge in [-0.05, 0) is 58.5 Å². The number of aliphatic hydroxyl groups excluding tert-OH is 1. The Labute approximate surface area is 196 Å². The highest BCUT2D eigenvalue weighted by molar-refractivity contribution is 5.91. The molecule has 0 spiro atoms. The molecule has 3 rings (SSSR count). The fourth-order valence-corrected chi connectivity index (χ4v) is 3.77. The van der Waals surface area contributed by atoms with Crippen LogP contribution in [0.25, 0.3) is 22.3 Å². The van der Waals surface area contributed by atoms with Gasteiger partial charge in [0, 0.05) is 30.4 Å². The number of aliphatic hydroxyl groups is 1. The van der Waals surface area contributed by atoms with Crippen molar-refractivity contribution in [3.05, 3.63) is 36.5 Å². The molecule has 0 aliphatic heterocycles. The molecule has 0 saturated carbocycles. The molecule has 2 heterocycles. The number of nitrogens with zero attached hydrogens (tertiary/aromatic N) is 3. The molecule has 180 valence electrons. The summed E-state index contributed by atoms with van der Waals surface area (Å²) in [5, 5.41) is 22.1. The number of rotatable bonds is 14. The fraction of sp³-hybridized carbons (Fsp3) is 0.520. The van der Waals surface area contributed by atoms with Gasteiger partial charge in [-0.25, -0.2) is 9.67 Å². The molecule has 0 bridgehead atoms. The van der Waals surface area contributed by atoms with E-state index < -0.39 is 6.10 Å². The summed E-state index contributed by atoms with van der Waals surface area (Å²) < 4.78 is 7.76. The molecule has 0 aliphatic carbocycles. The highest BCUT2D eigenvalue weighted by Crippen LogP contribution is 2.31. The Hall–Kier alpha value is -2.68. The molecule has 33 heavy (non-hydrogen) atoms. The number of pyridine rings is 1. The Morgan fingerprint density at radius 1 is 1.15 bits per heavy atom. The topological polar surface area (TPSA) is 110 Å². The molecule has 0 fully saturated rings. The van der Waals surface area contributed by atoms with Crippen LogP contribution < -0.4 is 21.1 Å². The van der Waals surface area contributed by atoms with Crippen LogP contribution in [0, 0.1) is 0 Å². The average Bonchev–Trinajstić information content (AvgIpc) is 3.25. The number of unbranched alkanes of at least 4 members (excludes halogenated alkanes) is 3. The lowest BCUT2D eigenvalue weighted by molar-refractivity contribution is 0.108. The normalized spacial score (nSPS) is 12.4. The van der Waals surface area contributed by atoms with Gasteiger partial charge in [-0.3, -0.25) is 0 Å². The Kier molecular flexibility index (Phi) is 9.47. The molecule has 0 saturated heterocycles. The Morgan fingerprint density at radius 2 is 1.97 bits per heavy atom. The molecule has 0 radical (unpaired) electrons. The van der Waals surface area contributed by atoms with Crippen LogP contribution in [-0.4, -0.2) is 59.3 Å². The van der Waals surface area contributed by atoms with Gasteiger partial charge in [-0.1, -0.05) is 25.0 Å². The highest BCUT2D eigenvalue weighted by Gasteiger charge is 2.15. The van der Waals surface area contributed by atoms with E-state index >= 15 is 0 Å². The van der Waals surface area contributed by atoms with Crippen LogP contribution in [-0.2, 0) is 0 Å². The molecule has 0 aliphatic rings. The third-order valence-electron chi connectivity index (χ3n) is 5.51. The van der Waals surface area contributed by atoms with Crippen LogP contribution in [0.2, 0.25) is 0 Å². The van der Waals surface area contributed by atoms with E-state index in [1.165, 1.54) is 0 Å². The first kappa shape index (κ1) is 25.0. The summed E-state index contributed by atoms with van der Waals surface area (Å²) in [5.74, 6) is 0.705. The zero-order valence-electron chi connectivity index (χ0n) is 20.1. The van der Waals surface area contributed by atoms with Gasteiger partial charge in [0.1, 0.15) is 18.5 Å². The maximum Gasteiger partial charge on any atom is 0.160 e. The number of aromatic nitrogens is 3. The number of nitrogens with one attached hydrogen (secondary N) is 2. The first-order valence-electron chi connectivity index (χ1n) is 11.9. The monoisotopic (exact) mass is 454 g/mol. The number of hydrogen-bond acceptors (Lipinski definition) is 7. The maximum atomic E-state index is 9.94. The third-order valence-corrected chi connectivity index (χ3v) is 5.51. The standard InChI is InChI=1S/C25H38N6O2/c1-18(2)31-25-22(16-29-31)24(28-12-7-5-4-6-11-26)14-23(30-25)19-9-8-10-21(13-19)33-17-20(32)15-27-3/h8-10,13-14,16,18,20,27,32H,4-7,11-12,15,17,26H2,1-3H3,(H,28,30). The van der Waals surface area contributed by atoms with Gasteiger partial charge in [-0.15, -0.1) is 0 Å². The van der Waals surface area contributed by atoms with Gasteiger partial charge in [0.2, 0.25) is 0 Å². The summed E-state index contributed by atoms with van der Waals surface area (Å²) in [7, 11) is 1.80. The summed E-state index contributed by atoms with van der Waals surface area (Å²) in [4.78, 5) is 4.95. The highest BCUT2D eigenvalue weighted by atomic mass is 16.5. The summed E-state index contributed by atoms with van der Waals surface area (Å²) >= 11 is 0. The number of ether oxygens (including phenoxy) is 1. The van der Waals surface area contributed by atoms with Gasteiger partial charge in [0.15, 0.2) is 5.65 Å². The van der Waals surface area contributed by atoms with Crippen LogP contribution in [0.3, 0.4) is 0 Å². The summed E-state index contributed by atoms with van der Waals surface area (Å²) in [6.45, 7) is 6.58. The van der Waals surface area contributed by atoms with E-state index in [0.29, 0.717) is 12.3 Å². The first-order valence-corrected chi connectivity index (χ1v) is 11.9. The first-order chi connectivity index (χ1) is 16.0. The van der Waals surface area contributed by atoms with Crippen molar-refractivity contribution in [3.8, 4) is 17.0 Å². The number of nitrogens with two attached hydrogens (primary N) is 1.